The number of likely N-dealkylation sites (tertiary alicyclic amines) is 1. The minimum Gasteiger partial charge on any atom is -0.444 e. The summed E-state index contributed by atoms with van der Waals surface area (Å²) in [5, 5.41) is 2.98. The van der Waals surface area contributed by atoms with Gasteiger partial charge in [0.05, 0.1) is 11.0 Å². The second kappa shape index (κ2) is 14.6. The molecule has 1 fully saturated rings. The molecule has 0 unspecified atom stereocenters. The fraction of sp³-hybridized carbons (Fsp3) is 0.457. The summed E-state index contributed by atoms with van der Waals surface area (Å²) < 4.78 is 13.2. The highest BCUT2D eigenvalue weighted by Gasteiger charge is 2.30. The second-order valence-electron chi connectivity index (χ2n) is 12.7. The second-order valence-corrected chi connectivity index (χ2v) is 12.7. The Balaban J connectivity index is 1.30. The SMILES string of the molecule is COCCCn1c([C@@H]2CCCN(C(=O)C[C@@H](Cc3ccc(-c4cncnc4)cc3)NC(=O)OC(C)(C)C)C2)nc2ccccc21. The molecule has 45 heavy (non-hydrogen) atoms. The van der Waals surface area contributed by atoms with Crippen molar-refractivity contribution < 1.29 is 19.1 Å². The highest BCUT2D eigenvalue weighted by atomic mass is 16.6. The third-order valence-electron chi connectivity index (χ3n) is 8.03. The lowest BCUT2D eigenvalue weighted by Gasteiger charge is -2.34. The number of carbonyl (C=O) groups excluding carboxylic acids is 2. The quantitative estimate of drug-likeness (QED) is 0.214. The number of carbonyl (C=O) groups is 2. The van der Waals surface area contributed by atoms with Crippen molar-refractivity contribution >= 4 is 23.0 Å². The van der Waals surface area contributed by atoms with E-state index in [9.17, 15) is 9.59 Å². The third-order valence-corrected chi connectivity index (χ3v) is 8.03. The molecule has 0 radical (unpaired) electrons. The highest BCUT2D eigenvalue weighted by Crippen LogP contribution is 2.30. The van der Waals surface area contributed by atoms with Crippen LogP contribution in [-0.4, -0.2) is 74.9 Å². The predicted molar refractivity (Wildman–Crippen MR) is 174 cm³/mol. The molecule has 10 nitrogen and oxygen atoms in total. The van der Waals surface area contributed by atoms with E-state index in [0.717, 1.165) is 59.4 Å². The molecular formula is C35H44N6O4. The molecule has 2 aromatic heterocycles. The number of nitrogens with one attached hydrogen (secondary N) is 1. The van der Waals surface area contributed by atoms with E-state index in [0.29, 0.717) is 26.1 Å². The van der Waals surface area contributed by atoms with Gasteiger partial charge in [-0.1, -0.05) is 36.4 Å². The summed E-state index contributed by atoms with van der Waals surface area (Å²) in [6.07, 6.45) is 7.93. The summed E-state index contributed by atoms with van der Waals surface area (Å²) in [6, 6.07) is 15.8. The maximum absolute atomic E-state index is 13.8. The molecule has 2 atom stereocenters. The number of hydrogen-bond acceptors (Lipinski definition) is 7. The van der Waals surface area contributed by atoms with Crippen molar-refractivity contribution in [3.8, 4) is 11.1 Å². The molecule has 1 saturated heterocycles. The molecule has 1 aliphatic rings. The summed E-state index contributed by atoms with van der Waals surface area (Å²) in [5.74, 6) is 1.17. The molecule has 2 amide bonds. The number of aromatic nitrogens is 4. The summed E-state index contributed by atoms with van der Waals surface area (Å²) in [5.41, 5.74) is 4.37. The van der Waals surface area contributed by atoms with Gasteiger partial charge in [0.1, 0.15) is 17.8 Å². The van der Waals surface area contributed by atoms with Gasteiger partial charge >= 0.3 is 6.09 Å². The topological polar surface area (TPSA) is 111 Å². The first-order valence-corrected chi connectivity index (χ1v) is 15.8. The zero-order valence-corrected chi connectivity index (χ0v) is 26.7. The molecule has 2 aromatic carbocycles. The van der Waals surface area contributed by atoms with E-state index >= 15 is 0 Å². The van der Waals surface area contributed by atoms with E-state index in [2.05, 4.69) is 25.9 Å². The van der Waals surface area contributed by atoms with E-state index < -0.39 is 17.7 Å². The molecule has 1 N–H and O–H groups in total. The lowest BCUT2D eigenvalue weighted by atomic mass is 9.95. The fourth-order valence-electron chi connectivity index (χ4n) is 5.98. The molecule has 3 heterocycles. The van der Waals surface area contributed by atoms with Gasteiger partial charge in [0.15, 0.2) is 0 Å². The number of imidazole rings is 1. The Morgan fingerprint density at radius 3 is 2.53 bits per heavy atom. The third kappa shape index (κ3) is 8.66. The molecule has 0 saturated carbocycles. The Kier molecular flexibility index (Phi) is 10.4. The number of benzene rings is 2. The Labute approximate surface area is 265 Å². The van der Waals surface area contributed by atoms with Crippen LogP contribution >= 0.6 is 0 Å². The molecule has 5 rings (SSSR count). The van der Waals surface area contributed by atoms with Crippen LogP contribution in [0.15, 0.2) is 67.3 Å². The minimum absolute atomic E-state index is 0.0147. The van der Waals surface area contributed by atoms with Gasteiger partial charge in [-0.05, 0) is 69.7 Å². The number of rotatable bonds is 11. The van der Waals surface area contributed by atoms with Crippen molar-refractivity contribution in [3.63, 3.8) is 0 Å². The van der Waals surface area contributed by atoms with Crippen LogP contribution in [-0.2, 0) is 27.2 Å². The smallest absolute Gasteiger partial charge is 0.407 e. The number of para-hydroxylation sites is 2. The van der Waals surface area contributed by atoms with Crippen LogP contribution in [0.25, 0.3) is 22.2 Å². The maximum Gasteiger partial charge on any atom is 0.407 e. The zero-order chi connectivity index (χ0) is 31.8. The molecular weight excluding hydrogens is 568 g/mol. The van der Waals surface area contributed by atoms with Gasteiger partial charge < -0.3 is 24.3 Å². The van der Waals surface area contributed by atoms with E-state index in [-0.39, 0.29) is 18.2 Å². The number of alkyl carbamates (subject to hydrolysis) is 1. The average molecular weight is 613 g/mol. The number of hydrogen-bond donors (Lipinski definition) is 1. The summed E-state index contributed by atoms with van der Waals surface area (Å²) >= 11 is 0. The van der Waals surface area contributed by atoms with Crippen molar-refractivity contribution in [3.05, 3.63) is 78.6 Å². The van der Waals surface area contributed by atoms with Gasteiger partial charge in [-0.3, -0.25) is 4.79 Å². The van der Waals surface area contributed by atoms with Crippen LogP contribution in [0.4, 0.5) is 4.79 Å². The van der Waals surface area contributed by atoms with Crippen molar-refractivity contribution in [2.45, 2.75) is 77.0 Å². The Hall–Kier alpha value is -4.31. The molecule has 0 bridgehead atoms. The Morgan fingerprint density at radius 2 is 1.80 bits per heavy atom. The zero-order valence-electron chi connectivity index (χ0n) is 26.7. The number of nitrogens with zero attached hydrogens (tertiary/aromatic N) is 5. The summed E-state index contributed by atoms with van der Waals surface area (Å²) in [6.45, 7) is 8.26. The van der Waals surface area contributed by atoms with Crippen LogP contribution < -0.4 is 5.32 Å². The molecule has 10 heteroatoms. The normalized spacial score (nSPS) is 16.0. The van der Waals surface area contributed by atoms with Crippen molar-refractivity contribution in [2.24, 2.45) is 0 Å². The molecule has 238 valence electrons. The first-order chi connectivity index (χ1) is 21.7. The van der Waals surface area contributed by atoms with Crippen LogP contribution in [0, 0.1) is 0 Å². The fourth-order valence-corrected chi connectivity index (χ4v) is 5.98. The maximum atomic E-state index is 13.8. The molecule has 4 aromatic rings. The standard InChI is InChI=1S/C35H44N6O4/c1-35(2,3)45-34(43)38-29(19-25-12-14-26(15-13-25)28-21-36-24-37-22-28)20-32(42)40-16-7-9-27(23-40)33-39-30-10-5-6-11-31(30)41(33)17-8-18-44-4/h5-6,10-15,21-22,24,27,29H,7-9,16-20,23H2,1-4H3,(H,38,43)/t27-,29-/m1/s1. The van der Waals surface area contributed by atoms with Crippen LogP contribution in [0.3, 0.4) is 0 Å². The first kappa shape index (κ1) is 32.1. The number of fused-ring (bicyclic) bond motifs is 1. The highest BCUT2D eigenvalue weighted by molar-refractivity contribution is 5.79. The van der Waals surface area contributed by atoms with Crippen LogP contribution in [0.2, 0.25) is 0 Å². The number of piperidine rings is 1. The van der Waals surface area contributed by atoms with E-state index in [1.807, 2.05) is 68.1 Å². The Morgan fingerprint density at radius 1 is 1.04 bits per heavy atom. The minimum atomic E-state index is -0.646. The summed E-state index contributed by atoms with van der Waals surface area (Å²) in [7, 11) is 1.72. The number of amides is 2. The number of aryl methyl sites for hydroxylation is 1. The molecule has 0 aliphatic carbocycles. The van der Waals surface area contributed by atoms with Crippen molar-refractivity contribution in [2.75, 3.05) is 26.8 Å². The van der Waals surface area contributed by atoms with E-state index in [1.165, 1.54) is 6.33 Å². The van der Waals surface area contributed by atoms with Gasteiger partial charge in [-0.15, -0.1) is 0 Å². The van der Waals surface area contributed by atoms with Gasteiger partial charge in [0.2, 0.25) is 5.91 Å². The van der Waals surface area contributed by atoms with Crippen LogP contribution in [0.1, 0.15) is 63.8 Å². The van der Waals surface area contributed by atoms with Gasteiger partial charge in [0.25, 0.3) is 0 Å². The largest absolute Gasteiger partial charge is 0.444 e. The average Bonchev–Trinajstić information content (AvgIpc) is 3.39. The molecule has 0 spiro atoms. The first-order valence-electron chi connectivity index (χ1n) is 15.8. The van der Waals surface area contributed by atoms with Gasteiger partial charge in [-0.25, -0.2) is 19.7 Å². The Bertz CT molecular complexity index is 1560. The predicted octanol–water partition coefficient (Wildman–Crippen LogP) is 5.76. The van der Waals surface area contributed by atoms with Gasteiger partial charge in [0, 0.05) is 69.7 Å². The number of ether oxygens (including phenoxy) is 2. The van der Waals surface area contributed by atoms with Gasteiger partial charge in [-0.2, -0.15) is 0 Å². The lowest BCUT2D eigenvalue weighted by molar-refractivity contribution is -0.132. The summed E-state index contributed by atoms with van der Waals surface area (Å²) in [4.78, 5) is 41.8. The van der Waals surface area contributed by atoms with E-state index in [1.54, 1.807) is 19.5 Å². The van der Waals surface area contributed by atoms with Crippen molar-refractivity contribution in [1.29, 1.82) is 0 Å². The molecule has 1 aliphatic heterocycles. The monoisotopic (exact) mass is 612 g/mol. The van der Waals surface area contributed by atoms with Crippen molar-refractivity contribution in [1.82, 2.24) is 29.7 Å². The lowest BCUT2D eigenvalue weighted by Crippen LogP contribution is -2.46. The number of methoxy groups -OCH3 is 1. The van der Waals surface area contributed by atoms with E-state index in [4.69, 9.17) is 14.5 Å². The van der Waals surface area contributed by atoms with Crippen LogP contribution in [0.5, 0.6) is 0 Å².